The first kappa shape index (κ1) is 19.2. The predicted molar refractivity (Wildman–Crippen MR) is 95.3 cm³/mol. The van der Waals surface area contributed by atoms with E-state index in [2.05, 4.69) is 13.8 Å². The lowest BCUT2D eigenvalue weighted by Crippen LogP contribution is -2.41. The monoisotopic (exact) mass is 348 g/mol. The molecule has 0 bridgehead atoms. The summed E-state index contributed by atoms with van der Waals surface area (Å²) < 4.78 is 11.1. The Labute approximate surface area is 149 Å². The van der Waals surface area contributed by atoms with Crippen molar-refractivity contribution >= 4 is 11.8 Å². The standard InChI is InChI=1S/C19H28N2O4/c1-13(2)11-25-12-16-10-15(4-5-17(16)24-3)19(23)21-8-6-14(7-9-21)18(20)22/h4-5,10,13-14H,6-9,11-12H2,1-3H3,(H2,20,22). The van der Waals surface area contributed by atoms with Gasteiger partial charge in [0.1, 0.15) is 5.75 Å². The molecule has 0 spiro atoms. The van der Waals surface area contributed by atoms with E-state index >= 15 is 0 Å². The molecule has 2 amide bonds. The molecular formula is C19H28N2O4. The van der Waals surface area contributed by atoms with E-state index in [-0.39, 0.29) is 17.7 Å². The van der Waals surface area contributed by atoms with Crippen LogP contribution >= 0.6 is 0 Å². The van der Waals surface area contributed by atoms with E-state index < -0.39 is 0 Å². The zero-order valence-electron chi connectivity index (χ0n) is 15.3. The van der Waals surface area contributed by atoms with Crippen LogP contribution in [0.3, 0.4) is 0 Å². The van der Waals surface area contributed by atoms with Gasteiger partial charge in [0.25, 0.3) is 5.91 Å². The normalized spacial score (nSPS) is 15.4. The molecule has 0 unspecified atom stereocenters. The zero-order chi connectivity index (χ0) is 18.4. The van der Waals surface area contributed by atoms with Crippen molar-refractivity contribution in [1.29, 1.82) is 0 Å². The summed E-state index contributed by atoms with van der Waals surface area (Å²) in [6, 6.07) is 5.41. The van der Waals surface area contributed by atoms with Gasteiger partial charge in [0.2, 0.25) is 5.91 Å². The van der Waals surface area contributed by atoms with Gasteiger partial charge in [-0.05, 0) is 37.0 Å². The van der Waals surface area contributed by atoms with Gasteiger partial charge in [-0.1, -0.05) is 13.8 Å². The number of nitrogens with two attached hydrogens (primary N) is 1. The lowest BCUT2D eigenvalue weighted by molar-refractivity contribution is -0.123. The number of piperidine rings is 1. The molecule has 6 heteroatoms. The van der Waals surface area contributed by atoms with E-state index in [0.29, 0.717) is 56.4 Å². The molecule has 0 aliphatic carbocycles. The maximum atomic E-state index is 12.7. The quantitative estimate of drug-likeness (QED) is 0.819. The van der Waals surface area contributed by atoms with Crippen LogP contribution in [0.25, 0.3) is 0 Å². The number of carbonyl (C=O) groups excluding carboxylic acids is 2. The summed E-state index contributed by atoms with van der Waals surface area (Å²) in [4.78, 5) is 25.8. The molecule has 6 nitrogen and oxygen atoms in total. The smallest absolute Gasteiger partial charge is 0.253 e. The Morgan fingerprint density at radius 2 is 1.96 bits per heavy atom. The predicted octanol–water partition coefficient (Wildman–Crippen LogP) is 2.21. The van der Waals surface area contributed by atoms with Crippen molar-refractivity contribution in [2.24, 2.45) is 17.6 Å². The minimum Gasteiger partial charge on any atom is -0.496 e. The molecule has 0 atom stereocenters. The van der Waals surface area contributed by atoms with Crippen LogP contribution in [0.15, 0.2) is 18.2 Å². The van der Waals surface area contributed by atoms with Gasteiger partial charge in [0, 0.05) is 36.7 Å². The SMILES string of the molecule is COc1ccc(C(=O)N2CCC(C(N)=O)CC2)cc1COCC(C)C. The van der Waals surface area contributed by atoms with Crippen LogP contribution < -0.4 is 10.5 Å². The lowest BCUT2D eigenvalue weighted by Gasteiger charge is -2.30. The van der Waals surface area contributed by atoms with Crippen LogP contribution in [0.2, 0.25) is 0 Å². The molecule has 1 fully saturated rings. The first-order valence-electron chi connectivity index (χ1n) is 8.75. The highest BCUT2D eigenvalue weighted by Crippen LogP contribution is 2.24. The van der Waals surface area contributed by atoms with Gasteiger partial charge in [-0.3, -0.25) is 9.59 Å². The Balaban J connectivity index is 2.05. The fourth-order valence-corrected chi connectivity index (χ4v) is 2.98. The van der Waals surface area contributed by atoms with E-state index in [4.69, 9.17) is 15.2 Å². The summed E-state index contributed by atoms with van der Waals surface area (Å²) >= 11 is 0. The molecule has 1 heterocycles. The number of amides is 2. The van der Waals surface area contributed by atoms with E-state index in [0.717, 1.165) is 5.56 Å². The summed E-state index contributed by atoms with van der Waals surface area (Å²) in [5.41, 5.74) is 6.82. The van der Waals surface area contributed by atoms with Crippen LogP contribution in [0.4, 0.5) is 0 Å². The van der Waals surface area contributed by atoms with Crippen LogP contribution in [0.5, 0.6) is 5.75 Å². The summed E-state index contributed by atoms with van der Waals surface area (Å²) in [7, 11) is 1.61. The van der Waals surface area contributed by atoms with Gasteiger partial charge in [0.05, 0.1) is 13.7 Å². The number of methoxy groups -OCH3 is 1. The van der Waals surface area contributed by atoms with Crippen LogP contribution in [0, 0.1) is 11.8 Å². The Kier molecular flexibility index (Phi) is 6.82. The Hall–Kier alpha value is -2.08. The van der Waals surface area contributed by atoms with E-state index in [1.165, 1.54) is 0 Å². The van der Waals surface area contributed by atoms with Crippen molar-refractivity contribution in [3.05, 3.63) is 29.3 Å². The van der Waals surface area contributed by atoms with Gasteiger partial charge in [-0.25, -0.2) is 0 Å². The number of benzene rings is 1. The molecule has 25 heavy (non-hydrogen) atoms. The Morgan fingerprint density at radius 3 is 2.52 bits per heavy atom. The lowest BCUT2D eigenvalue weighted by atomic mass is 9.95. The van der Waals surface area contributed by atoms with Crippen molar-refractivity contribution < 1.29 is 19.1 Å². The zero-order valence-corrected chi connectivity index (χ0v) is 15.3. The van der Waals surface area contributed by atoms with Gasteiger partial charge in [-0.15, -0.1) is 0 Å². The number of likely N-dealkylation sites (tertiary alicyclic amines) is 1. The Morgan fingerprint density at radius 1 is 1.28 bits per heavy atom. The molecule has 1 aliphatic heterocycles. The number of hydrogen-bond acceptors (Lipinski definition) is 4. The largest absolute Gasteiger partial charge is 0.496 e. The summed E-state index contributed by atoms with van der Waals surface area (Å²) in [6.45, 7) is 6.35. The number of ether oxygens (including phenoxy) is 2. The fourth-order valence-electron chi connectivity index (χ4n) is 2.98. The first-order chi connectivity index (χ1) is 11.9. The van der Waals surface area contributed by atoms with Crippen molar-refractivity contribution in [1.82, 2.24) is 4.90 Å². The van der Waals surface area contributed by atoms with E-state index in [1.54, 1.807) is 24.1 Å². The molecule has 0 aromatic heterocycles. The molecule has 1 aliphatic rings. The first-order valence-corrected chi connectivity index (χ1v) is 8.75. The minimum atomic E-state index is -0.277. The van der Waals surface area contributed by atoms with E-state index in [1.807, 2.05) is 6.07 Å². The number of carbonyl (C=O) groups is 2. The maximum Gasteiger partial charge on any atom is 0.253 e. The van der Waals surface area contributed by atoms with Gasteiger partial charge in [0.15, 0.2) is 0 Å². The second-order valence-corrected chi connectivity index (χ2v) is 6.90. The highest BCUT2D eigenvalue weighted by Gasteiger charge is 2.26. The van der Waals surface area contributed by atoms with Crippen molar-refractivity contribution in [3.63, 3.8) is 0 Å². The Bertz CT molecular complexity index is 607. The van der Waals surface area contributed by atoms with Gasteiger partial charge >= 0.3 is 0 Å². The number of hydrogen-bond donors (Lipinski definition) is 1. The van der Waals surface area contributed by atoms with Gasteiger partial charge in [-0.2, -0.15) is 0 Å². The summed E-state index contributed by atoms with van der Waals surface area (Å²) in [5, 5.41) is 0. The summed E-state index contributed by atoms with van der Waals surface area (Å²) in [5.74, 6) is 0.729. The third kappa shape index (κ3) is 5.19. The van der Waals surface area contributed by atoms with E-state index in [9.17, 15) is 9.59 Å². The number of nitrogens with zero attached hydrogens (tertiary/aromatic N) is 1. The third-order valence-electron chi connectivity index (χ3n) is 4.42. The number of rotatable bonds is 7. The molecule has 1 aromatic carbocycles. The topological polar surface area (TPSA) is 81.9 Å². The molecule has 1 saturated heterocycles. The minimum absolute atomic E-state index is 0.0318. The molecule has 0 saturated carbocycles. The van der Waals surface area contributed by atoms with Crippen LogP contribution in [0.1, 0.15) is 42.6 Å². The highest BCUT2D eigenvalue weighted by atomic mass is 16.5. The van der Waals surface area contributed by atoms with Crippen molar-refractivity contribution in [3.8, 4) is 5.75 Å². The third-order valence-corrected chi connectivity index (χ3v) is 4.42. The molecule has 0 radical (unpaired) electrons. The second kappa shape index (κ2) is 8.85. The molecule has 2 rings (SSSR count). The maximum absolute atomic E-state index is 12.7. The average Bonchev–Trinajstić information content (AvgIpc) is 2.60. The summed E-state index contributed by atoms with van der Waals surface area (Å²) in [6.07, 6.45) is 1.25. The molecule has 1 aromatic rings. The molecule has 138 valence electrons. The highest BCUT2D eigenvalue weighted by molar-refractivity contribution is 5.94. The van der Waals surface area contributed by atoms with Crippen LogP contribution in [-0.2, 0) is 16.1 Å². The molecule has 2 N–H and O–H groups in total. The average molecular weight is 348 g/mol. The van der Waals surface area contributed by atoms with Gasteiger partial charge < -0.3 is 20.1 Å². The molecular weight excluding hydrogens is 320 g/mol. The fraction of sp³-hybridized carbons (Fsp3) is 0.579. The van der Waals surface area contributed by atoms with Crippen molar-refractivity contribution in [2.45, 2.75) is 33.3 Å². The number of primary amides is 1. The second-order valence-electron chi connectivity index (χ2n) is 6.90. The van der Waals surface area contributed by atoms with Crippen LogP contribution in [-0.4, -0.2) is 43.5 Å². The van der Waals surface area contributed by atoms with Crippen molar-refractivity contribution in [2.75, 3.05) is 26.8 Å².